The van der Waals surface area contributed by atoms with E-state index in [0.29, 0.717) is 17.5 Å². The van der Waals surface area contributed by atoms with Crippen LogP contribution in [-0.4, -0.2) is 34.1 Å². The van der Waals surface area contributed by atoms with E-state index < -0.39 is 0 Å². The van der Waals surface area contributed by atoms with Crippen LogP contribution in [0.3, 0.4) is 0 Å². The number of likely N-dealkylation sites (tertiary alicyclic amines) is 1. The zero-order chi connectivity index (χ0) is 20.4. The van der Waals surface area contributed by atoms with Gasteiger partial charge in [0.25, 0.3) is 0 Å². The number of ether oxygens (including phenoxy) is 1. The number of halogens is 1. The summed E-state index contributed by atoms with van der Waals surface area (Å²) in [6, 6.07) is 7.51. The van der Waals surface area contributed by atoms with Gasteiger partial charge >= 0.3 is 0 Å². The summed E-state index contributed by atoms with van der Waals surface area (Å²) < 4.78 is 20.5. The molecule has 3 heterocycles. The minimum absolute atomic E-state index is 0.0522. The number of pyridine rings is 2. The van der Waals surface area contributed by atoms with Crippen molar-refractivity contribution in [2.24, 2.45) is 5.92 Å². The van der Waals surface area contributed by atoms with Gasteiger partial charge in [0, 0.05) is 24.0 Å². The summed E-state index contributed by atoms with van der Waals surface area (Å²) in [4.78, 5) is 11.4. The van der Waals surface area contributed by atoms with Crippen LogP contribution in [0.4, 0.5) is 4.39 Å². The van der Waals surface area contributed by atoms with Gasteiger partial charge in [0.1, 0.15) is 11.9 Å². The summed E-state index contributed by atoms with van der Waals surface area (Å²) in [5, 5.41) is 0. The Labute approximate surface area is 173 Å². The van der Waals surface area contributed by atoms with Crippen LogP contribution in [0.1, 0.15) is 67.7 Å². The van der Waals surface area contributed by atoms with Gasteiger partial charge in [-0.15, -0.1) is 0 Å². The van der Waals surface area contributed by atoms with Crippen molar-refractivity contribution in [2.75, 3.05) is 13.1 Å². The molecule has 4 rings (SSSR count). The molecule has 0 aromatic carbocycles. The van der Waals surface area contributed by atoms with Gasteiger partial charge in [0.2, 0.25) is 5.88 Å². The minimum atomic E-state index is -0.235. The first-order valence-corrected chi connectivity index (χ1v) is 11.0. The fourth-order valence-corrected chi connectivity index (χ4v) is 4.62. The molecule has 0 N–H and O–H groups in total. The Bertz CT molecular complexity index is 832. The highest BCUT2D eigenvalue weighted by Gasteiger charge is 2.28. The Hall–Kier alpha value is -2.01. The molecule has 2 aliphatic rings. The summed E-state index contributed by atoms with van der Waals surface area (Å²) in [7, 11) is 0. The van der Waals surface area contributed by atoms with Crippen LogP contribution in [-0.2, 0) is 6.42 Å². The fraction of sp³-hybridized carbons (Fsp3) is 0.583. The molecule has 5 heteroatoms. The molecule has 2 fully saturated rings. The van der Waals surface area contributed by atoms with Crippen molar-refractivity contribution in [1.29, 1.82) is 0 Å². The van der Waals surface area contributed by atoms with Gasteiger partial charge in [-0.1, -0.05) is 0 Å². The molecule has 0 spiro atoms. The highest BCUT2D eigenvalue weighted by atomic mass is 19.1. The maximum atomic E-state index is 14.6. The molecule has 1 saturated heterocycles. The molecule has 156 valence electrons. The van der Waals surface area contributed by atoms with Gasteiger partial charge < -0.3 is 4.74 Å². The fourth-order valence-electron chi connectivity index (χ4n) is 4.62. The second-order valence-electron chi connectivity index (χ2n) is 8.83. The number of hydrogen-bond donors (Lipinski definition) is 0. The van der Waals surface area contributed by atoms with Gasteiger partial charge in [-0.25, -0.2) is 9.37 Å². The molecule has 2 atom stereocenters. The Morgan fingerprint density at radius 3 is 2.55 bits per heavy atom. The smallest absolute Gasteiger partial charge is 0.213 e. The van der Waals surface area contributed by atoms with Gasteiger partial charge in [-0.3, -0.25) is 9.88 Å². The standard InChI is InChI=1S/C24H32FN3O/c1-16-12-20(13-17(2)26-16)14-19-6-5-11-28(15-19)18(3)24-22(25)9-10-23(27-24)29-21-7-4-8-21/h9-10,12-13,18-19,21H,4-8,11,14-15H2,1-3H3/t18-,19-/m1/s1. The number of rotatable bonds is 6. The van der Waals surface area contributed by atoms with E-state index in [2.05, 4.69) is 47.8 Å². The third-order valence-corrected chi connectivity index (χ3v) is 6.35. The third-order valence-electron chi connectivity index (χ3n) is 6.35. The van der Waals surface area contributed by atoms with E-state index in [-0.39, 0.29) is 18.0 Å². The Kier molecular flexibility index (Phi) is 6.14. The Balaban J connectivity index is 1.44. The van der Waals surface area contributed by atoms with Crippen molar-refractivity contribution < 1.29 is 9.13 Å². The van der Waals surface area contributed by atoms with Crippen molar-refractivity contribution in [3.05, 3.63) is 52.7 Å². The van der Waals surface area contributed by atoms with Crippen LogP contribution in [0.15, 0.2) is 24.3 Å². The Morgan fingerprint density at radius 2 is 1.86 bits per heavy atom. The first kappa shape index (κ1) is 20.3. The molecule has 29 heavy (non-hydrogen) atoms. The zero-order valence-electron chi connectivity index (χ0n) is 17.8. The van der Waals surface area contributed by atoms with E-state index in [4.69, 9.17) is 4.74 Å². The normalized spacial score (nSPS) is 21.6. The topological polar surface area (TPSA) is 38.2 Å². The van der Waals surface area contributed by atoms with Gasteiger partial charge in [-0.2, -0.15) is 0 Å². The molecular weight excluding hydrogens is 365 g/mol. The van der Waals surface area contributed by atoms with E-state index >= 15 is 0 Å². The lowest BCUT2D eigenvalue weighted by molar-refractivity contribution is 0.109. The van der Waals surface area contributed by atoms with Crippen LogP contribution in [0.5, 0.6) is 5.88 Å². The summed E-state index contributed by atoms with van der Waals surface area (Å²) in [5.74, 6) is 0.903. The number of aromatic nitrogens is 2. The largest absolute Gasteiger partial charge is 0.474 e. The van der Waals surface area contributed by atoms with E-state index in [0.717, 1.165) is 50.2 Å². The first-order chi connectivity index (χ1) is 14.0. The van der Waals surface area contributed by atoms with Crippen LogP contribution in [0, 0.1) is 25.6 Å². The quantitative estimate of drug-likeness (QED) is 0.673. The molecule has 2 aromatic rings. The molecule has 4 nitrogen and oxygen atoms in total. The lowest BCUT2D eigenvalue weighted by Crippen LogP contribution is -2.38. The molecule has 1 saturated carbocycles. The summed E-state index contributed by atoms with van der Waals surface area (Å²) >= 11 is 0. The Morgan fingerprint density at radius 1 is 1.10 bits per heavy atom. The van der Waals surface area contributed by atoms with Gasteiger partial charge in [0.05, 0.1) is 11.7 Å². The minimum Gasteiger partial charge on any atom is -0.474 e. The lowest BCUT2D eigenvalue weighted by Gasteiger charge is -2.37. The van der Waals surface area contributed by atoms with E-state index in [1.54, 1.807) is 6.07 Å². The zero-order valence-corrected chi connectivity index (χ0v) is 17.8. The summed E-state index contributed by atoms with van der Waals surface area (Å²) in [6.07, 6.45) is 7.01. The molecule has 0 unspecified atom stereocenters. The predicted molar refractivity (Wildman–Crippen MR) is 113 cm³/mol. The molecule has 0 amide bonds. The van der Waals surface area contributed by atoms with Crippen LogP contribution in [0.25, 0.3) is 0 Å². The van der Waals surface area contributed by atoms with Crippen LogP contribution < -0.4 is 4.74 Å². The number of nitrogens with zero attached hydrogens (tertiary/aromatic N) is 3. The molecule has 1 aliphatic heterocycles. The average Bonchev–Trinajstić information content (AvgIpc) is 2.65. The third kappa shape index (κ3) is 4.95. The second kappa shape index (κ2) is 8.78. The number of hydrogen-bond acceptors (Lipinski definition) is 4. The van der Waals surface area contributed by atoms with Crippen LogP contribution in [0.2, 0.25) is 0 Å². The highest BCUT2D eigenvalue weighted by molar-refractivity contribution is 5.22. The molecule has 1 aliphatic carbocycles. The monoisotopic (exact) mass is 397 g/mol. The van der Waals surface area contributed by atoms with Crippen molar-refractivity contribution in [2.45, 2.75) is 71.4 Å². The van der Waals surface area contributed by atoms with Crippen molar-refractivity contribution in [3.8, 4) is 5.88 Å². The predicted octanol–water partition coefficient (Wildman–Crippen LogP) is 5.18. The highest BCUT2D eigenvalue weighted by Crippen LogP contribution is 2.31. The van der Waals surface area contributed by atoms with Crippen molar-refractivity contribution in [3.63, 3.8) is 0 Å². The lowest BCUT2D eigenvalue weighted by atomic mass is 9.90. The van der Waals surface area contributed by atoms with Crippen molar-refractivity contribution in [1.82, 2.24) is 14.9 Å². The number of aryl methyl sites for hydroxylation is 2. The summed E-state index contributed by atoms with van der Waals surface area (Å²) in [6.45, 7) is 8.14. The van der Waals surface area contributed by atoms with Crippen LogP contribution >= 0.6 is 0 Å². The average molecular weight is 398 g/mol. The maximum Gasteiger partial charge on any atom is 0.213 e. The molecular formula is C24H32FN3O. The molecule has 2 aromatic heterocycles. The van der Waals surface area contributed by atoms with Gasteiger partial charge in [-0.05, 0) is 95.5 Å². The SMILES string of the molecule is Cc1cc(C[C@H]2CCCN([C@H](C)c3nc(OC4CCC4)ccc3F)C2)cc(C)n1. The first-order valence-electron chi connectivity index (χ1n) is 11.0. The van der Waals surface area contributed by atoms with E-state index in [1.165, 1.54) is 24.5 Å². The van der Waals surface area contributed by atoms with Gasteiger partial charge in [0.15, 0.2) is 0 Å². The summed E-state index contributed by atoms with van der Waals surface area (Å²) in [5.41, 5.74) is 4.03. The van der Waals surface area contributed by atoms with Crippen molar-refractivity contribution >= 4 is 0 Å². The molecule has 0 bridgehead atoms. The molecule has 0 radical (unpaired) electrons. The maximum absolute atomic E-state index is 14.6. The van der Waals surface area contributed by atoms with E-state index in [1.807, 2.05) is 0 Å². The van der Waals surface area contributed by atoms with E-state index in [9.17, 15) is 4.39 Å². The number of piperidine rings is 1. The second-order valence-corrected chi connectivity index (χ2v) is 8.83.